The van der Waals surface area contributed by atoms with Gasteiger partial charge in [0, 0.05) is 31.9 Å². The van der Waals surface area contributed by atoms with Gasteiger partial charge in [0.15, 0.2) is 18.9 Å². The molecule has 0 radical (unpaired) electrons. The van der Waals surface area contributed by atoms with Crippen LogP contribution in [-0.4, -0.2) is 32.3 Å². The van der Waals surface area contributed by atoms with Gasteiger partial charge in [-0.1, -0.05) is 24.3 Å². The summed E-state index contributed by atoms with van der Waals surface area (Å²) in [5.41, 5.74) is 3.51. The Morgan fingerprint density at radius 3 is 2.21 bits per heavy atom. The molecule has 0 aliphatic rings. The Morgan fingerprint density at radius 1 is 1.08 bits per heavy atom. The van der Waals surface area contributed by atoms with Crippen LogP contribution in [0.5, 0.6) is 0 Å². The number of carbonyl (C=O) groups excluding carboxylic acids is 1. The van der Waals surface area contributed by atoms with Crippen molar-refractivity contribution in [3.63, 3.8) is 0 Å². The number of ether oxygens (including phenoxy) is 1. The maximum Gasteiger partial charge on any atom is 0.367 e. The zero-order valence-electron chi connectivity index (χ0n) is 14.3. The first-order chi connectivity index (χ1) is 11.6. The Labute approximate surface area is 147 Å². The molecule has 0 aliphatic heterocycles. The van der Waals surface area contributed by atoms with E-state index in [-0.39, 0.29) is 5.30 Å². The fourth-order valence-electron chi connectivity index (χ4n) is 2.10. The lowest BCUT2D eigenvalue weighted by molar-refractivity contribution is -0.692. The fourth-order valence-corrected chi connectivity index (χ4v) is 2.68. The first-order valence-corrected chi connectivity index (χ1v) is 8.72. The number of hydrogen-bond donors (Lipinski definition) is 0. The number of carbonyl (C=O) groups is 1. The molecule has 0 saturated carbocycles. The fraction of sp³-hybridized carbons (Fsp3) is 0.263. The number of methoxy groups -OCH3 is 1. The molecule has 2 rings (SSSR count). The van der Waals surface area contributed by atoms with E-state index < -0.39 is 0 Å². The highest BCUT2D eigenvalue weighted by Gasteiger charge is 2.04. The third kappa shape index (κ3) is 5.74. The van der Waals surface area contributed by atoms with Gasteiger partial charge in [-0.3, -0.25) is 0 Å². The number of aromatic nitrogens is 1. The molecule has 0 atom stereocenters. The molecule has 0 amide bonds. The molecule has 1 aromatic carbocycles. The van der Waals surface area contributed by atoms with Gasteiger partial charge in [0.2, 0.25) is 0 Å². The highest BCUT2D eigenvalue weighted by Crippen LogP contribution is 2.14. The minimum atomic E-state index is -0.240. The van der Waals surface area contributed by atoms with Crippen molar-refractivity contribution in [1.29, 1.82) is 0 Å². The second-order valence-electron chi connectivity index (χ2n) is 5.49. The molecule has 0 saturated heterocycles. The quantitative estimate of drug-likeness (QED) is 0.591. The molecule has 5 heteroatoms. The second-order valence-corrected chi connectivity index (χ2v) is 6.52. The topological polar surface area (TPSA) is 33.4 Å². The van der Waals surface area contributed by atoms with Gasteiger partial charge < -0.3 is 9.64 Å². The number of hydrogen-bond acceptors (Lipinski definition) is 4. The molecule has 0 N–H and O–H groups in total. The van der Waals surface area contributed by atoms with Crippen molar-refractivity contribution < 1.29 is 14.1 Å². The van der Waals surface area contributed by atoms with Gasteiger partial charge in [-0.25, -0.2) is 9.36 Å². The minimum absolute atomic E-state index is 0.240. The number of rotatable bonds is 6. The lowest BCUT2D eigenvalue weighted by atomic mass is 10.1. The number of benzene rings is 1. The van der Waals surface area contributed by atoms with E-state index >= 15 is 0 Å². The lowest BCUT2D eigenvalue weighted by Crippen LogP contribution is -2.33. The summed E-state index contributed by atoms with van der Waals surface area (Å²) < 4.78 is 6.66. The van der Waals surface area contributed by atoms with Gasteiger partial charge in [-0.05, 0) is 35.0 Å². The van der Waals surface area contributed by atoms with E-state index in [1.807, 2.05) is 26.5 Å². The Morgan fingerprint density at radius 2 is 1.67 bits per heavy atom. The van der Waals surface area contributed by atoms with E-state index in [2.05, 4.69) is 62.8 Å². The summed E-state index contributed by atoms with van der Waals surface area (Å²) in [6, 6.07) is 12.6. The van der Waals surface area contributed by atoms with Crippen molar-refractivity contribution in [2.24, 2.45) is 0 Å². The summed E-state index contributed by atoms with van der Waals surface area (Å²) in [5, 5.41) is -0.240. The zero-order valence-corrected chi connectivity index (χ0v) is 15.1. The van der Waals surface area contributed by atoms with Gasteiger partial charge in [-0.15, -0.1) is 0 Å². The van der Waals surface area contributed by atoms with Crippen molar-refractivity contribution in [2.75, 3.05) is 31.9 Å². The standard InChI is InChI=1S/C19H23N2O2S/c1-20(2)18-8-6-16(7-9-18)4-5-17-10-12-21(13-11-17)14-15-24-19(22)23-3/h4-13H,14-15H2,1-3H3/q+1. The maximum atomic E-state index is 11.1. The molecule has 4 nitrogen and oxygen atoms in total. The Bertz CT molecular complexity index is 680. The zero-order chi connectivity index (χ0) is 17.4. The molecular weight excluding hydrogens is 320 g/mol. The maximum absolute atomic E-state index is 11.1. The highest BCUT2D eigenvalue weighted by molar-refractivity contribution is 8.13. The predicted octanol–water partition coefficient (Wildman–Crippen LogP) is 3.71. The van der Waals surface area contributed by atoms with E-state index in [4.69, 9.17) is 0 Å². The van der Waals surface area contributed by atoms with Crippen LogP contribution in [0, 0.1) is 0 Å². The van der Waals surface area contributed by atoms with Crippen LogP contribution in [0.25, 0.3) is 12.2 Å². The van der Waals surface area contributed by atoms with Gasteiger partial charge in [0.05, 0.1) is 12.9 Å². The van der Waals surface area contributed by atoms with E-state index in [1.165, 1.54) is 30.1 Å². The summed E-state index contributed by atoms with van der Waals surface area (Å²) >= 11 is 1.19. The normalized spacial score (nSPS) is 10.8. The summed E-state index contributed by atoms with van der Waals surface area (Å²) in [5.74, 6) is 0.699. The molecule has 0 spiro atoms. The first-order valence-electron chi connectivity index (χ1n) is 7.74. The minimum Gasteiger partial charge on any atom is -0.461 e. The monoisotopic (exact) mass is 343 g/mol. The van der Waals surface area contributed by atoms with E-state index in [0.717, 1.165) is 12.1 Å². The van der Waals surface area contributed by atoms with Crippen molar-refractivity contribution in [3.8, 4) is 0 Å². The van der Waals surface area contributed by atoms with Crippen LogP contribution < -0.4 is 9.47 Å². The average molecular weight is 343 g/mol. The number of aryl methyl sites for hydroxylation is 1. The molecule has 2 aromatic rings. The van der Waals surface area contributed by atoms with Gasteiger partial charge in [0.25, 0.3) is 0 Å². The largest absolute Gasteiger partial charge is 0.461 e. The summed E-state index contributed by atoms with van der Waals surface area (Å²) in [7, 11) is 5.47. The molecule has 24 heavy (non-hydrogen) atoms. The Balaban J connectivity index is 1.89. The van der Waals surface area contributed by atoms with Crippen LogP contribution >= 0.6 is 11.8 Å². The van der Waals surface area contributed by atoms with Gasteiger partial charge in [0.1, 0.15) is 0 Å². The number of nitrogens with zero attached hydrogens (tertiary/aromatic N) is 2. The van der Waals surface area contributed by atoms with Crippen LogP contribution in [-0.2, 0) is 11.3 Å². The predicted molar refractivity (Wildman–Crippen MR) is 101 cm³/mol. The summed E-state index contributed by atoms with van der Waals surface area (Å²) in [6.45, 7) is 0.774. The lowest BCUT2D eigenvalue weighted by Gasteiger charge is -2.11. The van der Waals surface area contributed by atoms with Crippen LogP contribution in [0.15, 0.2) is 48.8 Å². The second kappa shape index (κ2) is 9.13. The van der Waals surface area contributed by atoms with Crippen molar-refractivity contribution in [1.82, 2.24) is 0 Å². The average Bonchev–Trinajstić information content (AvgIpc) is 2.61. The van der Waals surface area contributed by atoms with Gasteiger partial charge in [-0.2, -0.15) is 0 Å². The van der Waals surface area contributed by atoms with E-state index in [9.17, 15) is 4.79 Å². The highest BCUT2D eigenvalue weighted by atomic mass is 32.2. The van der Waals surface area contributed by atoms with Crippen LogP contribution in [0.2, 0.25) is 0 Å². The molecular formula is C19H23N2O2S+. The SMILES string of the molecule is COC(=O)SCC[n+]1ccc(/C=C/c2ccc(N(C)C)cc2)cc1. The molecule has 0 aliphatic carbocycles. The van der Waals surface area contributed by atoms with Gasteiger partial charge >= 0.3 is 5.30 Å². The first kappa shape index (κ1) is 18.1. The Kier molecular flexibility index (Phi) is 6.88. The molecule has 0 fully saturated rings. The smallest absolute Gasteiger partial charge is 0.367 e. The summed E-state index contributed by atoms with van der Waals surface area (Å²) in [4.78, 5) is 13.1. The summed E-state index contributed by atoms with van der Waals surface area (Å²) in [6.07, 6.45) is 8.24. The van der Waals surface area contributed by atoms with Crippen molar-refractivity contribution in [2.45, 2.75) is 6.54 Å². The molecule has 126 valence electrons. The van der Waals surface area contributed by atoms with Crippen LogP contribution in [0.3, 0.4) is 0 Å². The molecule has 0 bridgehead atoms. The number of anilines is 1. The number of thioether (sulfide) groups is 1. The van der Waals surface area contributed by atoms with Crippen LogP contribution in [0.4, 0.5) is 10.5 Å². The third-order valence-corrected chi connectivity index (χ3v) is 4.32. The van der Waals surface area contributed by atoms with E-state index in [1.54, 1.807) is 0 Å². The molecule has 1 aromatic heterocycles. The van der Waals surface area contributed by atoms with Crippen LogP contribution in [0.1, 0.15) is 11.1 Å². The van der Waals surface area contributed by atoms with Crippen molar-refractivity contribution >= 4 is 34.9 Å². The van der Waals surface area contributed by atoms with Crippen molar-refractivity contribution in [3.05, 3.63) is 59.9 Å². The van der Waals surface area contributed by atoms with E-state index in [0.29, 0.717) is 5.75 Å². The third-order valence-electron chi connectivity index (χ3n) is 3.53. The molecule has 1 heterocycles. The molecule has 0 unspecified atom stereocenters. The number of pyridine rings is 1. The Hall–Kier alpha value is -2.27.